The molecular formula is C23H28F2N4. The third-order valence-corrected chi connectivity index (χ3v) is 6.12. The van der Waals surface area contributed by atoms with Crippen LogP contribution in [0.25, 0.3) is 0 Å². The Hall–Kier alpha value is -2.34. The van der Waals surface area contributed by atoms with Gasteiger partial charge in [0.15, 0.2) is 0 Å². The molecule has 0 aliphatic carbocycles. The van der Waals surface area contributed by atoms with Crippen LogP contribution in [-0.4, -0.2) is 44.2 Å². The lowest BCUT2D eigenvalue weighted by molar-refractivity contribution is 0.193. The number of anilines is 2. The molecule has 4 nitrogen and oxygen atoms in total. The highest BCUT2D eigenvalue weighted by molar-refractivity contribution is 5.73. The van der Waals surface area contributed by atoms with Gasteiger partial charge in [0.25, 0.3) is 0 Å². The molecule has 4 rings (SSSR count). The summed E-state index contributed by atoms with van der Waals surface area (Å²) in [5, 5.41) is 7.81. The van der Waals surface area contributed by atoms with Crippen LogP contribution in [0.15, 0.2) is 52.7 Å². The van der Waals surface area contributed by atoms with Crippen LogP contribution in [0.5, 0.6) is 0 Å². The molecule has 2 atom stereocenters. The standard InChI is InChI=1S/C23H28F2N4/c1-26-27-12-3-2-4-13-28-14-11-23-21(16-28)20-15-18(25)7-10-22(20)29(23)19-8-5-17(24)6-9-19/h5-10,15,21,23H,2-4,11-14,16H2,1H3/t21-,23+/m0/s1. The van der Waals surface area contributed by atoms with E-state index >= 15 is 0 Å². The van der Waals surface area contributed by atoms with E-state index in [0.29, 0.717) is 6.04 Å². The molecule has 154 valence electrons. The third kappa shape index (κ3) is 4.32. The van der Waals surface area contributed by atoms with Gasteiger partial charge in [-0.1, -0.05) is 6.42 Å². The van der Waals surface area contributed by atoms with Gasteiger partial charge in [0.05, 0.1) is 6.54 Å². The first-order valence-corrected chi connectivity index (χ1v) is 10.5. The van der Waals surface area contributed by atoms with Crippen LogP contribution >= 0.6 is 0 Å². The smallest absolute Gasteiger partial charge is 0.123 e. The summed E-state index contributed by atoms with van der Waals surface area (Å²) in [5.74, 6) is -0.155. The topological polar surface area (TPSA) is 31.2 Å². The summed E-state index contributed by atoms with van der Waals surface area (Å²) < 4.78 is 27.5. The number of benzene rings is 2. The summed E-state index contributed by atoms with van der Waals surface area (Å²) in [5.41, 5.74) is 3.11. The summed E-state index contributed by atoms with van der Waals surface area (Å²) in [4.78, 5) is 4.79. The van der Waals surface area contributed by atoms with Crippen LogP contribution in [0.1, 0.15) is 37.2 Å². The first-order valence-electron chi connectivity index (χ1n) is 10.5. The van der Waals surface area contributed by atoms with Gasteiger partial charge in [-0.2, -0.15) is 10.2 Å². The molecule has 2 heterocycles. The molecule has 2 aliphatic heterocycles. The van der Waals surface area contributed by atoms with Crippen molar-refractivity contribution in [3.63, 3.8) is 0 Å². The zero-order chi connectivity index (χ0) is 20.2. The average Bonchev–Trinajstić information content (AvgIpc) is 3.04. The van der Waals surface area contributed by atoms with Gasteiger partial charge in [0, 0.05) is 43.5 Å². The Balaban J connectivity index is 1.48. The third-order valence-electron chi connectivity index (χ3n) is 6.12. The van der Waals surface area contributed by atoms with Crippen molar-refractivity contribution in [2.24, 2.45) is 10.2 Å². The van der Waals surface area contributed by atoms with Crippen molar-refractivity contribution in [3.8, 4) is 0 Å². The van der Waals surface area contributed by atoms with E-state index in [2.05, 4.69) is 20.0 Å². The second kappa shape index (κ2) is 8.99. The predicted molar refractivity (Wildman–Crippen MR) is 112 cm³/mol. The molecule has 0 unspecified atom stereocenters. The first kappa shape index (κ1) is 20.0. The minimum Gasteiger partial charge on any atom is -0.337 e. The van der Waals surface area contributed by atoms with Crippen LogP contribution in [0.4, 0.5) is 20.2 Å². The SMILES string of the molecule is CN=NCCCCCN1CC[C@@H]2[C@@H](C1)c1cc(F)ccc1N2c1ccc(F)cc1. The molecule has 29 heavy (non-hydrogen) atoms. The van der Waals surface area contributed by atoms with Crippen LogP contribution in [0.3, 0.4) is 0 Å². The molecule has 0 bridgehead atoms. The van der Waals surface area contributed by atoms with Gasteiger partial charge in [-0.25, -0.2) is 8.78 Å². The Kier molecular flexibility index (Phi) is 6.19. The number of hydrogen-bond acceptors (Lipinski definition) is 4. The lowest BCUT2D eigenvalue weighted by Crippen LogP contribution is -2.45. The highest BCUT2D eigenvalue weighted by Crippen LogP contribution is 2.48. The summed E-state index contributed by atoms with van der Waals surface area (Å²) in [7, 11) is 1.71. The largest absolute Gasteiger partial charge is 0.337 e. The summed E-state index contributed by atoms with van der Waals surface area (Å²) in [6.45, 7) is 3.84. The van der Waals surface area contributed by atoms with Crippen LogP contribution < -0.4 is 4.90 Å². The monoisotopic (exact) mass is 398 g/mol. The van der Waals surface area contributed by atoms with Gasteiger partial charge in [0.2, 0.25) is 0 Å². The highest BCUT2D eigenvalue weighted by atomic mass is 19.1. The van der Waals surface area contributed by atoms with E-state index < -0.39 is 0 Å². The molecule has 0 radical (unpaired) electrons. The van der Waals surface area contributed by atoms with Crippen molar-refractivity contribution in [1.82, 2.24) is 4.90 Å². The lowest BCUT2D eigenvalue weighted by Gasteiger charge is -2.39. The van der Waals surface area contributed by atoms with Gasteiger partial charge in [-0.05, 0) is 73.8 Å². The van der Waals surface area contributed by atoms with Crippen LogP contribution in [-0.2, 0) is 0 Å². The molecule has 0 amide bonds. The second-order valence-corrected chi connectivity index (χ2v) is 7.94. The predicted octanol–water partition coefficient (Wildman–Crippen LogP) is 5.53. The summed E-state index contributed by atoms with van der Waals surface area (Å²) >= 11 is 0. The number of likely N-dealkylation sites (tertiary alicyclic amines) is 1. The average molecular weight is 399 g/mol. The number of piperidine rings is 1. The number of unbranched alkanes of at least 4 members (excludes halogenated alkanes) is 2. The fourth-order valence-corrected chi connectivity index (χ4v) is 4.77. The number of azo groups is 1. The van der Waals surface area contributed by atoms with Crippen molar-refractivity contribution in [1.29, 1.82) is 0 Å². The molecule has 0 aromatic heterocycles. The fourth-order valence-electron chi connectivity index (χ4n) is 4.77. The van der Waals surface area contributed by atoms with Crippen molar-refractivity contribution < 1.29 is 8.78 Å². The Morgan fingerprint density at radius 2 is 1.79 bits per heavy atom. The maximum absolute atomic E-state index is 14.1. The van der Waals surface area contributed by atoms with E-state index in [1.165, 1.54) is 18.2 Å². The summed E-state index contributed by atoms with van der Waals surface area (Å²) in [6, 6.07) is 12.0. The van der Waals surface area contributed by atoms with E-state index in [1.807, 2.05) is 18.2 Å². The normalized spacial score (nSPS) is 21.6. The van der Waals surface area contributed by atoms with Crippen LogP contribution in [0, 0.1) is 11.6 Å². The maximum atomic E-state index is 14.1. The zero-order valence-corrected chi connectivity index (χ0v) is 16.9. The van der Waals surface area contributed by atoms with E-state index in [-0.39, 0.29) is 17.6 Å². The van der Waals surface area contributed by atoms with Crippen molar-refractivity contribution >= 4 is 11.4 Å². The van der Waals surface area contributed by atoms with E-state index in [0.717, 1.165) is 68.8 Å². The quantitative estimate of drug-likeness (QED) is 0.454. The van der Waals surface area contributed by atoms with Crippen LogP contribution in [0.2, 0.25) is 0 Å². The summed E-state index contributed by atoms with van der Waals surface area (Å²) in [6.07, 6.45) is 4.39. The number of nitrogens with zero attached hydrogens (tertiary/aromatic N) is 4. The first-order chi connectivity index (χ1) is 14.2. The fraction of sp³-hybridized carbons (Fsp3) is 0.478. The van der Waals surface area contributed by atoms with E-state index in [4.69, 9.17) is 0 Å². The Labute approximate surface area is 171 Å². The Morgan fingerprint density at radius 3 is 2.59 bits per heavy atom. The lowest BCUT2D eigenvalue weighted by atomic mass is 9.89. The highest BCUT2D eigenvalue weighted by Gasteiger charge is 2.42. The number of hydrogen-bond donors (Lipinski definition) is 0. The Morgan fingerprint density at radius 1 is 1.00 bits per heavy atom. The van der Waals surface area contributed by atoms with Crippen molar-refractivity contribution in [2.75, 3.05) is 38.1 Å². The molecule has 1 saturated heterocycles. The molecule has 1 fully saturated rings. The van der Waals surface area contributed by atoms with Crippen molar-refractivity contribution in [3.05, 3.63) is 59.7 Å². The minimum absolute atomic E-state index is 0.189. The van der Waals surface area contributed by atoms with Gasteiger partial charge in [-0.3, -0.25) is 0 Å². The molecule has 2 aromatic rings. The molecule has 2 aromatic carbocycles. The zero-order valence-electron chi connectivity index (χ0n) is 16.9. The molecule has 2 aliphatic rings. The second-order valence-electron chi connectivity index (χ2n) is 7.94. The molecule has 0 spiro atoms. The molecule has 0 N–H and O–H groups in total. The van der Waals surface area contributed by atoms with Gasteiger partial charge < -0.3 is 9.80 Å². The van der Waals surface area contributed by atoms with Gasteiger partial charge in [0.1, 0.15) is 11.6 Å². The number of halogens is 2. The minimum atomic E-state index is -0.237. The molecule has 6 heteroatoms. The van der Waals surface area contributed by atoms with Gasteiger partial charge >= 0.3 is 0 Å². The maximum Gasteiger partial charge on any atom is 0.123 e. The molecule has 0 saturated carbocycles. The van der Waals surface area contributed by atoms with E-state index in [9.17, 15) is 8.78 Å². The van der Waals surface area contributed by atoms with E-state index in [1.54, 1.807) is 13.1 Å². The van der Waals surface area contributed by atoms with Crippen molar-refractivity contribution in [2.45, 2.75) is 37.6 Å². The Bertz CT molecular complexity index is 852. The number of rotatable bonds is 7. The van der Waals surface area contributed by atoms with Gasteiger partial charge in [-0.15, -0.1) is 0 Å². The molecular weight excluding hydrogens is 370 g/mol. The number of fused-ring (bicyclic) bond motifs is 3.